The Balaban J connectivity index is 1.59. The Morgan fingerprint density at radius 3 is 2.25 bits per heavy atom. The molecular weight excluding hydrogens is 390 g/mol. The lowest BCUT2D eigenvalue weighted by atomic mass is 10.2. The molecule has 9 heteroatoms. The average molecular weight is 410 g/mol. The largest absolute Gasteiger partial charge is 0.481 e. The van der Waals surface area contributed by atoms with Gasteiger partial charge in [-0.2, -0.15) is 4.31 Å². The van der Waals surface area contributed by atoms with Gasteiger partial charge in [-0.15, -0.1) is 0 Å². The number of amides is 1. The number of nitrogens with zero attached hydrogens (tertiary/aromatic N) is 2. The Labute approximate surface area is 162 Å². The van der Waals surface area contributed by atoms with Crippen LogP contribution >= 0.6 is 0 Å². The molecule has 1 unspecified atom stereocenters. The van der Waals surface area contributed by atoms with Crippen LogP contribution in [0.25, 0.3) is 0 Å². The van der Waals surface area contributed by atoms with E-state index in [2.05, 4.69) is 0 Å². The van der Waals surface area contributed by atoms with Gasteiger partial charge in [0.15, 0.2) is 6.10 Å². The predicted molar refractivity (Wildman–Crippen MR) is 98.2 cm³/mol. The number of benzene rings is 2. The van der Waals surface area contributed by atoms with Crippen LogP contribution in [0.5, 0.6) is 5.75 Å². The van der Waals surface area contributed by atoms with Gasteiger partial charge in [0, 0.05) is 26.2 Å². The summed E-state index contributed by atoms with van der Waals surface area (Å²) in [7, 11) is -3.82. The molecule has 1 amide bonds. The first-order chi connectivity index (χ1) is 13.3. The fourth-order valence-electron chi connectivity index (χ4n) is 2.95. The van der Waals surface area contributed by atoms with E-state index in [1.54, 1.807) is 6.92 Å². The zero-order valence-electron chi connectivity index (χ0n) is 15.2. The van der Waals surface area contributed by atoms with Gasteiger partial charge in [0.25, 0.3) is 5.91 Å². The third-order valence-electron chi connectivity index (χ3n) is 4.46. The minimum absolute atomic E-state index is 0.105. The lowest BCUT2D eigenvalue weighted by molar-refractivity contribution is -0.139. The molecule has 3 rings (SSSR count). The van der Waals surface area contributed by atoms with Gasteiger partial charge < -0.3 is 9.64 Å². The SMILES string of the molecule is CC(Oc1ccc(F)cc1)C(=O)N1CCN(S(=O)(=O)c2cccc(F)c2)CC1. The Bertz CT molecular complexity index is 943. The van der Waals surface area contributed by atoms with E-state index in [1.807, 2.05) is 0 Å². The van der Waals surface area contributed by atoms with Crippen LogP contribution in [-0.2, 0) is 14.8 Å². The number of halogens is 2. The Kier molecular flexibility index (Phi) is 5.95. The zero-order valence-corrected chi connectivity index (χ0v) is 16.0. The third kappa shape index (κ3) is 4.48. The fraction of sp³-hybridized carbons (Fsp3) is 0.316. The number of carbonyl (C=O) groups excluding carboxylic acids is 1. The number of rotatable bonds is 5. The monoisotopic (exact) mass is 410 g/mol. The summed E-state index contributed by atoms with van der Waals surface area (Å²) in [6.45, 7) is 2.19. The van der Waals surface area contributed by atoms with E-state index < -0.39 is 27.8 Å². The van der Waals surface area contributed by atoms with Gasteiger partial charge in [-0.1, -0.05) is 6.07 Å². The Morgan fingerprint density at radius 2 is 1.64 bits per heavy atom. The second-order valence-corrected chi connectivity index (χ2v) is 8.34. The van der Waals surface area contributed by atoms with Gasteiger partial charge in [0.1, 0.15) is 17.4 Å². The molecule has 1 fully saturated rings. The van der Waals surface area contributed by atoms with E-state index in [1.165, 1.54) is 51.7 Å². The standard InChI is InChI=1S/C19H20F2N2O4S/c1-14(27-17-7-5-15(20)6-8-17)19(24)22-9-11-23(12-10-22)28(25,26)18-4-2-3-16(21)13-18/h2-8,13-14H,9-12H2,1H3. The Morgan fingerprint density at radius 1 is 1.00 bits per heavy atom. The molecule has 1 heterocycles. The maximum absolute atomic E-state index is 13.4. The van der Waals surface area contributed by atoms with Crippen molar-refractivity contribution in [1.29, 1.82) is 0 Å². The summed E-state index contributed by atoms with van der Waals surface area (Å²) in [6.07, 6.45) is -0.795. The molecule has 0 N–H and O–H groups in total. The van der Waals surface area contributed by atoms with E-state index in [0.717, 1.165) is 6.07 Å². The summed E-state index contributed by atoms with van der Waals surface area (Å²) >= 11 is 0. The van der Waals surface area contributed by atoms with Crippen molar-refractivity contribution in [2.24, 2.45) is 0 Å². The van der Waals surface area contributed by atoms with Crippen LogP contribution in [0.1, 0.15) is 6.92 Å². The molecule has 6 nitrogen and oxygen atoms in total. The zero-order chi connectivity index (χ0) is 20.3. The minimum atomic E-state index is -3.82. The van der Waals surface area contributed by atoms with Crippen LogP contribution in [0.3, 0.4) is 0 Å². The Hall–Kier alpha value is -2.52. The van der Waals surface area contributed by atoms with Crippen molar-refractivity contribution in [3.05, 3.63) is 60.2 Å². The smallest absolute Gasteiger partial charge is 0.263 e. The van der Waals surface area contributed by atoms with Crippen LogP contribution in [-0.4, -0.2) is 55.8 Å². The van der Waals surface area contributed by atoms with Crippen LogP contribution in [0.15, 0.2) is 53.4 Å². The molecule has 0 spiro atoms. The van der Waals surface area contributed by atoms with E-state index in [4.69, 9.17) is 4.74 Å². The van der Waals surface area contributed by atoms with Gasteiger partial charge in [-0.3, -0.25) is 4.79 Å². The highest BCUT2D eigenvalue weighted by atomic mass is 32.2. The van der Waals surface area contributed by atoms with Gasteiger partial charge in [-0.05, 0) is 49.4 Å². The van der Waals surface area contributed by atoms with Crippen molar-refractivity contribution in [2.75, 3.05) is 26.2 Å². The lowest BCUT2D eigenvalue weighted by Crippen LogP contribution is -2.53. The highest BCUT2D eigenvalue weighted by Crippen LogP contribution is 2.19. The molecule has 2 aromatic carbocycles. The van der Waals surface area contributed by atoms with Crippen molar-refractivity contribution in [3.63, 3.8) is 0 Å². The lowest BCUT2D eigenvalue weighted by Gasteiger charge is -2.35. The van der Waals surface area contributed by atoms with Gasteiger partial charge in [0.2, 0.25) is 10.0 Å². The summed E-state index contributed by atoms with van der Waals surface area (Å²) < 4.78 is 58.3. The second kappa shape index (κ2) is 8.24. The van der Waals surface area contributed by atoms with Crippen LogP contribution in [0, 0.1) is 11.6 Å². The van der Waals surface area contributed by atoms with Gasteiger partial charge in [0.05, 0.1) is 4.90 Å². The van der Waals surface area contributed by atoms with E-state index in [9.17, 15) is 22.0 Å². The number of piperazine rings is 1. The molecule has 1 aliphatic rings. The molecule has 0 aromatic heterocycles. The summed E-state index contributed by atoms with van der Waals surface area (Å²) in [6, 6.07) is 10.2. The van der Waals surface area contributed by atoms with E-state index in [0.29, 0.717) is 5.75 Å². The first-order valence-corrected chi connectivity index (χ1v) is 10.2. The third-order valence-corrected chi connectivity index (χ3v) is 6.35. The van der Waals surface area contributed by atoms with Crippen molar-refractivity contribution in [2.45, 2.75) is 17.9 Å². The van der Waals surface area contributed by atoms with Crippen molar-refractivity contribution in [1.82, 2.24) is 9.21 Å². The van der Waals surface area contributed by atoms with E-state index >= 15 is 0 Å². The molecule has 0 radical (unpaired) electrons. The van der Waals surface area contributed by atoms with Crippen LogP contribution < -0.4 is 4.74 Å². The molecule has 2 aromatic rings. The number of ether oxygens (including phenoxy) is 1. The van der Waals surface area contributed by atoms with Gasteiger partial charge >= 0.3 is 0 Å². The summed E-state index contributed by atoms with van der Waals surface area (Å²) in [5, 5.41) is 0. The summed E-state index contributed by atoms with van der Waals surface area (Å²) in [4.78, 5) is 14.0. The molecule has 1 saturated heterocycles. The second-order valence-electron chi connectivity index (χ2n) is 6.40. The number of sulfonamides is 1. The molecule has 0 bridgehead atoms. The fourth-order valence-corrected chi connectivity index (χ4v) is 4.40. The average Bonchev–Trinajstić information content (AvgIpc) is 2.69. The highest BCUT2D eigenvalue weighted by Gasteiger charge is 2.32. The van der Waals surface area contributed by atoms with Crippen LogP contribution in [0.2, 0.25) is 0 Å². The summed E-state index contributed by atoms with van der Waals surface area (Å²) in [5.41, 5.74) is 0. The summed E-state index contributed by atoms with van der Waals surface area (Å²) in [5.74, 6) is -0.940. The van der Waals surface area contributed by atoms with Crippen molar-refractivity contribution < 1.29 is 26.7 Å². The maximum atomic E-state index is 13.4. The van der Waals surface area contributed by atoms with Crippen molar-refractivity contribution in [3.8, 4) is 5.75 Å². The molecule has 1 aliphatic heterocycles. The molecule has 28 heavy (non-hydrogen) atoms. The first-order valence-electron chi connectivity index (χ1n) is 8.74. The highest BCUT2D eigenvalue weighted by molar-refractivity contribution is 7.89. The number of hydrogen-bond acceptors (Lipinski definition) is 4. The van der Waals surface area contributed by atoms with Crippen LogP contribution in [0.4, 0.5) is 8.78 Å². The molecular formula is C19H20F2N2O4S. The quantitative estimate of drug-likeness (QED) is 0.759. The number of carbonyl (C=O) groups is 1. The molecule has 150 valence electrons. The van der Waals surface area contributed by atoms with Gasteiger partial charge in [-0.25, -0.2) is 17.2 Å². The topological polar surface area (TPSA) is 66.9 Å². The van der Waals surface area contributed by atoms with E-state index in [-0.39, 0.29) is 37.0 Å². The van der Waals surface area contributed by atoms with Crippen molar-refractivity contribution >= 4 is 15.9 Å². The number of hydrogen-bond donors (Lipinski definition) is 0. The first kappa shape index (κ1) is 20.2. The molecule has 0 saturated carbocycles. The molecule has 0 aliphatic carbocycles. The predicted octanol–water partition coefficient (Wildman–Crippen LogP) is 2.27. The maximum Gasteiger partial charge on any atom is 0.263 e. The minimum Gasteiger partial charge on any atom is -0.481 e. The normalized spacial score (nSPS) is 16.6. The molecule has 1 atom stereocenters.